The van der Waals surface area contributed by atoms with E-state index in [9.17, 15) is 4.39 Å². The van der Waals surface area contributed by atoms with E-state index in [4.69, 9.17) is 27.6 Å². The molecule has 0 bridgehead atoms. The summed E-state index contributed by atoms with van der Waals surface area (Å²) in [4.78, 5) is 4.42. The van der Waals surface area contributed by atoms with Crippen LogP contribution >= 0.6 is 23.2 Å². The quantitative estimate of drug-likeness (QED) is 0.628. The first kappa shape index (κ1) is 14.4. The fraction of sp³-hybridized carbons (Fsp3) is 0.267. The number of benzene rings is 1. The van der Waals surface area contributed by atoms with E-state index in [1.165, 1.54) is 12.1 Å². The minimum atomic E-state index is -0.478. The van der Waals surface area contributed by atoms with Crippen LogP contribution in [-0.4, -0.2) is 9.55 Å². The molecule has 110 valence electrons. The van der Waals surface area contributed by atoms with E-state index in [2.05, 4.69) is 4.98 Å². The van der Waals surface area contributed by atoms with Crippen LogP contribution < -0.4 is 0 Å². The Hall–Kier alpha value is -1.52. The van der Waals surface area contributed by atoms with Gasteiger partial charge in [-0.15, -0.1) is 11.6 Å². The van der Waals surface area contributed by atoms with Crippen molar-refractivity contribution in [2.45, 2.75) is 25.8 Å². The monoisotopic (exact) mass is 326 g/mol. The predicted octanol–water partition coefficient (Wildman–Crippen LogP) is 5.08. The van der Waals surface area contributed by atoms with Gasteiger partial charge in [0.25, 0.3) is 0 Å². The molecule has 6 heteroatoms. The molecule has 1 atom stereocenters. The molecule has 3 rings (SSSR count). The molecule has 0 N–H and O–H groups in total. The highest BCUT2D eigenvalue weighted by atomic mass is 35.5. The van der Waals surface area contributed by atoms with Gasteiger partial charge in [-0.2, -0.15) is 0 Å². The Bertz CT molecular complexity index is 809. The Morgan fingerprint density at radius 3 is 2.76 bits per heavy atom. The molecule has 0 saturated heterocycles. The van der Waals surface area contributed by atoms with Crippen LogP contribution in [0, 0.1) is 12.7 Å². The topological polar surface area (TPSA) is 31.0 Å². The lowest BCUT2D eigenvalue weighted by molar-refractivity contribution is 0.429. The van der Waals surface area contributed by atoms with Gasteiger partial charge in [0.2, 0.25) is 0 Å². The summed E-state index contributed by atoms with van der Waals surface area (Å²) in [6, 6.07) is 6.54. The number of fused-ring (bicyclic) bond motifs is 1. The van der Waals surface area contributed by atoms with Crippen LogP contribution in [0.2, 0.25) is 5.02 Å². The average molecular weight is 327 g/mol. The summed E-state index contributed by atoms with van der Waals surface area (Å²) in [5, 5.41) is 0.0507. The first-order valence-electron chi connectivity index (χ1n) is 6.49. The molecule has 0 fully saturated rings. The predicted molar refractivity (Wildman–Crippen MR) is 81.5 cm³/mol. The molecule has 0 aliphatic heterocycles. The van der Waals surface area contributed by atoms with Crippen molar-refractivity contribution in [3.05, 3.63) is 52.5 Å². The third kappa shape index (κ3) is 2.43. The molecule has 0 amide bonds. The van der Waals surface area contributed by atoms with Gasteiger partial charge >= 0.3 is 0 Å². The van der Waals surface area contributed by atoms with Gasteiger partial charge in [0.05, 0.1) is 28.0 Å². The van der Waals surface area contributed by atoms with Crippen molar-refractivity contribution in [3.8, 4) is 0 Å². The number of imidazole rings is 1. The third-order valence-corrected chi connectivity index (χ3v) is 4.01. The number of aryl methyl sites for hydroxylation is 1. The lowest BCUT2D eigenvalue weighted by atomic mass is 10.2. The first-order valence-corrected chi connectivity index (χ1v) is 7.40. The van der Waals surface area contributed by atoms with Gasteiger partial charge in [0, 0.05) is 6.07 Å². The van der Waals surface area contributed by atoms with Crippen LogP contribution in [0.3, 0.4) is 0 Å². The number of furan rings is 1. The van der Waals surface area contributed by atoms with Crippen LogP contribution in [0.15, 0.2) is 28.7 Å². The van der Waals surface area contributed by atoms with Gasteiger partial charge in [-0.3, -0.25) is 0 Å². The summed E-state index contributed by atoms with van der Waals surface area (Å²) in [7, 11) is 0. The Labute approximate surface area is 131 Å². The van der Waals surface area contributed by atoms with Crippen LogP contribution in [-0.2, 0) is 5.88 Å². The maximum Gasteiger partial charge on any atom is 0.144 e. The zero-order valence-corrected chi connectivity index (χ0v) is 13.0. The molecular formula is C15H13Cl2FN2O. The highest BCUT2D eigenvalue weighted by Gasteiger charge is 2.20. The number of nitrogens with zero attached hydrogens (tertiary/aromatic N) is 2. The SMILES string of the molecule is Cc1ccc(C(C)n2c(CCl)nc3cc(Cl)c(F)cc32)o1. The molecule has 2 heterocycles. The summed E-state index contributed by atoms with van der Waals surface area (Å²) in [5.41, 5.74) is 1.27. The highest BCUT2D eigenvalue weighted by Crippen LogP contribution is 2.30. The molecule has 3 aromatic rings. The van der Waals surface area contributed by atoms with Gasteiger partial charge in [-0.1, -0.05) is 11.6 Å². The zero-order chi connectivity index (χ0) is 15.1. The minimum Gasteiger partial charge on any atom is -0.464 e. The van der Waals surface area contributed by atoms with E-state index < -0.39 is 5.82 Å². The molecule has 21 heavy (non-hydrogen) atoms. The molecule has 3 nitrogen and oxygen atoms in total. The van der Waals surface area contributed by atoms with Gasteiger partial charge in [-0.05, 0) is 32.0 Å². The van der Waals surface area contributed by atoms with E-state index in [-0.39, 0.29) is 16.9 Å². The molecule has 0 aliphatic carbocycles. The maximum absolute atomic E-state index is 13.8. The fourth-order valence-electron chi connectivity index (χ4n) is 2.47. The van der Waals surface area contributed by atoms with Crippen molar-refractivity contribution in [2.24, 2.45) is 0 Å². The van der Waals surface area contributed by atoms with E-state index in [0.29, 0.717) is 16.9 Å². The molecular weight excluding hydrogens is 314 g/mol. The Balaban J connectivity index is 2.22. The van der Waals surface area contributed by atoms with Gasteiger partial charge in [-0.25, -0.2) is 9.37 Å². The summed E-state index contributed by atoms with van der Waals surface area (Å²) in [6.45, 7) is 3.84. The number of rotatable bonds is 3. The highest BCUT2D eigenvalue weighted by molar-refractivity contribution is 6.31. The van der Waals surface area contributed by atoms with Crippen molar-refractivity contribution >= 4 is 34.2 Å². The van der Waals surface area contributed by atoms with Crippen molar-refractivity contribution < 1.29 is 8.81 Å². The van der Waals surface area contributed by atoms with Crippen molar-refractivity contribution in [1.29, 1.82) is 0 Å². The Kier molecular flexibility index (Phi) is 3.68. The zero-order valence-electron chi connectivity index (χ0n) is 11.5. The fourth-order valence-corrected chi connectivity index (χ4v) is 2.82. The molecule has 0 radical (unpaired) electrons. The Morgan fingerprint density at radius 2 is 2.14 bits per heavy atom. The number of hydrogen-bond acceptors (Lipinski definition) is 2. The largest absolute Gasteiger partial charge is 0.464 e. The normalized spacial score (nSPS) is 13.0. The van der Waals surface area contributed by atoms with Crippen LogP contribution in [0.4, 0.5) is 4.39 Å². The van der Waals surface area contributed by atoms with Gasteiger partial charge < -0.3 is 8.98 Å². The molecule has 1 unspecified atom stereocenters. The van der Waals surface area contributed by atoms with E-state index in [0.717, 1.165) is 11.5 Å². The third-order valence-electron chi connectivity index (χ3n) is 3.48. The number of hydrogen-bond donors (Lipinski definition) is 0. The van der Waals surface area contributed by atoms with Crippen molar-refractivity contribution in [1.82, 2.24) is 9.55 Å². The second kappa shape index (κ2) is 5.35. The number of alkyl halides is 1. The molecule has 2 aromatic heterocycles. The van der Waals surface area contributed by atoms with Crippen LogP contribution in [0.25, 0.3) is 11.0 Å². The molecule has 0 saturated carbocycles. The van der Waals surface area contributed by atoms with E-state index >= 15 is 0 Å². The van der Waals surface area contributed by atoms with E-state index in [1.54, 1.807) is 0 Å². The molecule has 1 aromatic carbocycles. The summed E-state index contributed by atoms with van der Waals surface area (Å²) >= 11 is 11.8. The average Bonchev–Trinajstić information content (AvgIpc) is 3.02. The lowest BCUT2D eigenvalue weighted by Crippen LogP contribution is -2.09. The van der Waals surface area contributed by atoms with Crippen LogP contribution in [0.1, 0.15) is 30.3 Å². The van der Waals surface area contributed by atoms with Gasteiger partial charge in [0.1, 0.15) is 23.2 Å². The van der Waals surface area contributed by atoms with Crippen molar-refractivity contribution in [3.63, 3.8) is 0 Å². The second-order valence-corrected chi connectivity index (χ2v) is 5.59. The van der Waals surface area contributed by atoms with Crippen LogP contribution in [0.5, 0.6) is 0 Å². The first-order chi connectivity index (χ1) is 10.0. The number of halogens is 3. The summed E-state index contributed by atoms with van der Waals surface area (Å²) in [5.74, 6) is 1.98. The second-order valence-electron chi connectivity index (χ2n) is 4.91. The summed E-state index contributed by atoms with van der Waals surface area (Å²) in [6.07, 6.45) is 0. The number of aromatic nitrogens is 2. The standard InChI is InChI=1S/C15H13Cl2FN2O/c1-8-3-4-14(21-8)9(2)20-13-6-11(18)10(17)5-12(13)19-15(20)7-16/h3-6,9H,7H2,1-2H3. The summed E-state index contributed by atoms with van der Waals surface area (Å²) < 4.78 is 21.3. The van der Waals surface area contributed by atoms with Gasteiger partial charge in [0.15, 0.2) is 0 Å². The smallest absolute Gasteiger partial charge is 0.144 e. The molecule has 0 aliphatic rings. The lowest BCUT2D eigenvalue weighted by Gasteiger charge is -2.15. The van der Waals surface area contributed by atoms with E-state index in [1.807, 2.05) is 30.5 Å². The minimum absolute atomic E-state index is 0.0507. The molecule has 0 spiro atoms. The van der Waals surface area contributed by atoms with Crippen molar-refractivity contribution in [2.75, 3.05) is 0 Å². The maximum atomic E-state index is 13.8. The Morgan fingerprint density at radius 1 is 1.38 bits per heavy atom.